The highest BCUT2D eigenvalue weighted by atomic mass is 16.1. The normalized spacial score (nSPS) is 14.2. The van der Waals surface area contributed by atoms with Crippen LogP contribution in [0.2, 0.25) is 0 Å². The van der Waals surface area contributed by atoms with Crippen LogP contribution in [0.4, 0.5) is 0 Å². The summed E-state index contributed by atoms with van der Waals surface area (Å²) in [5, 5.41) is 3.93. The number of benzene rings is 1. The Labute approximate surface area is 129 Å². The number of rotatable bonds is 4. The van der Waals surface area contributed by atoms with Crippen LogP contribution in [0, 0.1) is 0 Å². The molecule has 0 saturated heterocycles. The van der Waals surface area contributed by atoms with E-state index in [4.69, 9.17) is 5.73 Å². The fraction of sp³-hybridized carbons (Fsp3) is 0.412. The Morgan fingerprint density at radius 3 is 2.95 bits per heavy atom. The van der Waals surface area contributed by atoms with Gasteiger partial charge in [0.2, 0.25) is 0 Å². The molecule has 3 rings (SSSR count). The van der Waals surface area contributed by atoms with Crippen LogP contribution in [0.15, 0.2) is 18.2 Å². The minimum atomic E-state index is -0.0803. The molecule has 0 atom stereocenters. The number of aromatic nitrogens is 1. The lowest BCUT2D eigenvalue weighted by molar-refractivity contribution is -0.118. The lowest BCUT2D eigenvalue weighted by Crippen LogP contribution is -2.26. The first-order valence-electron chi connectivity index (χ1n) is 7.72. The third kappa shape index (κ3) is 2.41. The van der Waals surface area contributed by atoms with E-state index in [0.29, 0.717) is 31.5 Å². The molecule has 3 N–H and O–H groups in total. The van der Waals surface area contributed by atoms with Gasteiger partial charge in [-0.25, -0.2) is 0 Å². The highest BCUT2D eigenvalue weighted by Gasteiger charge is 2.24. The van der Waals surface area contributed by atoms with E-state index in [1.807, 2.05) is 25.2 Å². The zero-order valence-electron chi connectivity index (χ0n) is 12.8. The van der Waals surface area contributed by atoms with E-state index < -0.39 is 0 Å². The van der Waals surface area contributed by atoms with Crippen LogP contribution < -0.4 is 11.1 Å². The fourth-order valence-corrected chi connectivity index (χ4v) is 3.28. The molecular weight excluding hydrogens is 278 g/mol. The summed E-state index contributed by atoms with van der Waals surface area (Å²) in [6, 6.07) is 5.73. The van der Waals surface area contributed by atoms with Crippen LogP contribution in [0.5, 0.6) is 0 Å². The Bertz CT molecular complexity index is 746. The van der Waals surface area contributed by atoms with E-state index >= 15 is 0 Å². The number of Topliss-reactive ketones (excluding diaryl/α,β-unsaturated/α-hetero) is 1. The van der Waals surface area contributed by atoms with E-state index in [2.05, 4.69) is 9.88 Å². The molecule has 0 fully saturated rings. The monoisotopic (exact) mass is 299 g/mol. The molecule has 5 nitrogen and oxygen atoms in total. The van der Waals surface area contributed by atoms with Crippen LogP contribution in [0.25, 0.3) is 10.9 Å². The van der Waals surface area contributed by atoms with Gasteiger partial charge >= 0.3 is 0 Å². The quantitative estimate of drug-likeness (QED) is 0.836. The first-order chi connectivity index (χ1) is 10.6. The van der Waals surface area contributed by atoms with E-state index in [1.54, 1.807) is 0 Å². The van der Waals surface area contributed by atoms with Crippen molar-refractivity contribution in [2.75, 3.05) is 13.1 Å². The molecule has 1 aliphatic carbocycles. The highest BCUT2D eigenvalue weighted by molar-refractivity contribution is 6.08. The van der Waals surface area contributed by atoms with Crippen LogP contribution in [-0.2, 0) is 24.7 Å². The Morgan fingerprint density at radius 2 is 2.18 bits per heavy atom. The number of nitrogens with zero attached hydrogens (tertiary/aromatic N) is 1. The molecule has 0 radical (unpaired) electrons. The van der Waals surface area contributed by atoms with Gasteiger partial charge in [0.15, 0.2) is 0 Å². The van der Waals surface area contributed by atoms with Crippen molar-refractivity contribution in [2.24, 2.45) is 12.8 Å². The minimum Gasteiger partial charge on any atom is -0.352 e. The summed E-state index contributed by atoms with van der Waals surface area (Å²) < 4.78 is 2.08. The number of nitrogens with two attached hydrogens (primary N) is 1. The van der Waals surface area contributed by atoms with Gasteiger partial charge in [-0.1, -0.05) is 12.1 Å². The van der Waals surface area contributed by atoms with Crippen LogP contribution >= 0.6 is 0 Å². The molecule has 1 aromatic carbocycles. The topological polar surface area (TPSA) is 77.1 Å². The SMILES string of the molecule is Cn1c2c(c3cccc(C(=O)NCCCN)c31)CC(=O)CC2. The zero-order chi connectivity index (χ0) is 15.7. The number of aryl methyl sites for hydroxylation is 1. The third-order valence-electron chi connectivity index (χ3n) is 4.38. The number of carbonyl (C=O) groups excluding carboxylic acids is 2. The number of amides is 1. The van der Waals surface area contributed by atoms with Crippen molar-refractivity contribution in [1.29, 1.82) is 0 Å². The lowest BCUT2D eigenvalue weighted by atomic mass is 9.94. The van der Waals surface area contributed by atoms with Gasteiger partial charge in [-0.15, -0.1) is 0 Å². The predicted octanol–water partition coefficient (Wildman–Crippen LogP) is 1.31. The number of fused-ring (bicyclic) bond motifs is 3. The van der Waals surface area contributed by atoms with Gasteiger partial charge < -0.3 is 15.6 Å². The Hall–Kier alpha value is -2.14. The molecule has 2 aromatic rings. The molecular formula is C17H21N3O2. The molecule has 22 heavy (non-hydrogen) atoms. The molecule has 116 valence electrons. The van der Waals surface area contributed by atoms with Crippen LogP contribution in [0.3, 0.4) is 0 Å². The Morgan fingerprint density at radius 1 is 1.36 bits per heavy atom. The van der Waals surface area contributed by atoms with Crippen molar-refractivity contribution < 1.29 is 9.59 Å². The van der Waals surface area contributed by atoms with E-state index in [1.165, 1.54) is 5.69 Å². The minimum absolute atomic E-state index is 0.0803. The second-order valence-corrected chi connectivity index (χ2v) is 5.80. The zero-order valence-corrected chi connectivity index (χ0v) is 12.8. The number of carbonyl (C=O) groups is 2. The van der Waals surface area contributed by atoms with Gasteiger partial charge in [0, 0.05) is 37.5 Å². The molecule has 0 spiro atoms. The second-order valence-electron chi connectivity index (χ2n) is 5.80. The summed E-state index contributed by atoms with van der Waals surface area (Å²) >= 11 is 0. The molecule has 0 aliphatic heterocycles. The molecule has 1 aliphatic rings. The number of ketones is 1. The molecule has 1 amide bonds. The molecule has 1 aromatic heterocycles. The number of para-hydroxylation sites is 1. The summed E-state index contributed by atoms with van der Waals surface area (Å²) in [4.78, 5) is 24.2. The first kappa shape index (κ1) is 14.8. The van der Waals surface area contributed by atoms with Crippen molar-refractivity contribution in [2.45, 2.75) is 25.7 Å². The second kappa shape index (κ2) is 5.93. The average molecular weight is 299 g/mol. The van der Waals surface area contributed by atoms with Crippen molar-refractivity contribution >= 4 is 22.6 Å². The molecule has 5 heteroatoms. The maximum atomic E-state index is 12.4. The summed E-state index contributed by atoms with van der Waals surface area (Å²) in [5.41, 5.74) is 9.32. The molecule has 0 unspecified atom stereocenters. The van der Waals surface area contributed by atoms with Crippen molar-refractivity contribution in [1.82, 2.24) is 9.88 Å². The van der Waals surface area contributed by atoms with Crippen molar-refractivity contribution in [3.8, 4) is 0 Å². The molecule has 1 heterocycles. The van der Waals surface area contributed by atoms with Gasteiger partial charge in [-0.3, -0.25) is 9.59 Å². The summed E-state index contributed by atoms with van der Waals surface area (Å²) in [5.74, 6) is 0.195. The van der Waals surface area contributed by atoms with Gasteiger partial charge in [0.05, 0.1) is 11.1 Å². The van der Waals surface area contributed by atoms with E-state index in [9.17, 15) is 9.59 Å². The Kier molecular flexibility index (Phi) is 3.98. The maximum Gasteiger partial charge on any atom is 0.253 e. The highest BCUT2D eigenvalue weighted by Crippen LogP contribution is 2.32. The lowest BCUT2D eigenvalue weighted by Gasteiger charge is -2.12. The summed E-state index contributed by atoms with van der Waals surface area (Å²) in [6.45, 7) is 1.14. The molecule has 0 saturated carbocycles. The van der Waals surface area contributed by atoms with Crippen molar-refractivity contribution in [3.63, 3.8) is 0 Å². The van der Waals surface area contributed by atoms with Gasteiger partial charge in [-0.05, 0) is 31.0 Å². The van der Waals surface area contributed by atoms with Gasteiger partial charge in [-0.2, -0.15) is 0 Å². The average Bonchev–Trinajstić information content (AvgIpc) is 2.80. The number of hydrogen-bond donors (Lipinski definition) is 2. The van der Waals surface area contributed by atoms with E-state index in [0.717, 1.165) is 29.3 Å². The van der Waals surface area contributed by atoms with Crippen LogP contribution in [-0.4, -0.2) is 29.3 Å². The maximum absolute atomic E-state index is 12.4. The van der Waals surface area contributed by atoms with Crippen molar-refractivity contribution in [3.05, 3.63) is 35.0 Å². The smallest absolute Gasteiger partial charge is 0.253 e. The summed E-state index contributed by atoms with van der Waals surface area (Å²) in [7, 11) is 1.98. The number of hydrogen-bond acceptors (Lipinski definition) is 3. The van der Waals surface area contributed by atoms with E-state index in [-0.39, 0.29) is 11.7 Å². The summed E-state index contributed by atoms with van der Waals surface area (Å²) in [6.07, 6.45) is 2.59. The fourth-order valence-electron chi connectivity index (χ4n) is 3.28. The number of nitrogens with one attached hydrogen (secondary N) is 1. The largest absolute Gasteiger partial charge is 0.352 e. The first-order valence-corrected chi connectivity index (χ1v) is 7.72. The molecule has 0 bridgehead atoms. The van der Waals surface area contributed by atoms with Crippen LogP contribution in [0.1, 0.15) is 34.5 Å². The van der Waals surface area contributed by atoms with Gasteiger partial charge in [0.1, 0.15) is 5.78 Å². The Balaban J connectivity index is 2.06. The standard InChI is InChI=1S/C17H21N3O2/c1-20-15-7-6-11(21)10-14(15)12-4-2-5-13(16(12)20)17(22)19-9-3-8-18/h2,4-5H,3,6-10,18H2,1H3,(H,19,22). The third-order valence-corrected chi connectivity index (χ3v) is 4.38. The predicted molar refractivity (Wildman–Crippen MR) is 86.0 cm³/mol. The van der Waals surface area contributed by atoms with Gasteiger partial charge in [0.25, 0.3) is 5.91 Å².